The van der Waals surface area contributed by atoms with Crippen molar-refractivity contribution in [2.45, 2.75) is 26.0 Å². The fraction of sp³-hybridized carbons (Fsp3) is 0.375. The van der Waals surface area contributed by atoms with Crippen LogP contribution in [0.5, 0.6) is 5.75 Å². The Labute approximate surface area is 120 Å². The summed E-state index contributed by atoms with van der Waals surface area (Å²) in [7, 11) is 0. The van der Waals surface area contributed by atoms with Gasteiger partial charge in [0.15, 0.2) is 0 Å². The first-order valence-corrected chi connectivity index (χ1v) is 6.93. The lowest BCUT2D eigenvalue weighted by Crippen LogP contribution is -2.35. The molecule has 108 valence electrons. The van der Waals surface area contributed by atoms with Crippen LogP contribution in [-0.4, -0.2) is 35.0 Å². The lowest BCUT2D eigenvalue weighted by Gasteiger charge is -2.17. The van der Waals surface area contributed by atoms with Gasteiger partial charge < -0.3 is 19.7 Å². The molecule has 0 radical (unpaired) electrons. The van der Waals surface area contributed by atoms with Gasteiger partial charge in [-0.05, 0) is 24.3 Å². The van der Waals surface area contributed by atoms with E-state index in [1.807, 2.05) is 53.4 Å². The first kappa shape index (κ1) is 14.6. The number of benzene rings is 1. The van der Waals surface area contributed by atoms with Gasteiger partial charge in [0, 0.05) is 25.0 Å². The average Bonchev–Trinajstić information content (AvgIpc) is 2.97. The number of nitrogens with one attached hydrogen (secondary N) is 1. The smallest absolute Gasteiger partial charge is 0.143 e. The molecule has 1 atom stereocenters. The Bertz CT molecular complexity index is 509. The van der Waals surface area contributed by atoms with Crippen LogP contribution in [0.3, 0.4) is 0 Å². The Hall–Kier alpha value is -1.78. The molecule has 2 aromatic rings. The number of para-hydroxylation sites is 2. The minimum atomic E-state index is -0.518. The Morgan fingerprint density at radius 3 is 2.55 bits per heavy atom. The van der Waals surface area contributed by atoms with E-state index >= 15 is 0 Å². The number of rotatable bonds is 7. The van der Waals surface area contributed by atoms with Crippen molar-refractivity contribution < 1.29 is 9.84 Å². The summed E-state index contributed by atoms with van der Waals surface area (Å²) in [6, 6.07) is 12.1. The number of aliphatic hydroxyl groups is 1. The molecule has 0 aliphatic carbocycles. The maximum atomic E-state index is 9.89. The number of hydrogen-bond acceptors (Lipinski definition) is 3. The molecule has 0 saturated carbocycles. The summed E-state index contributed by atoms with van der Waals surface area (Å²) in [5, 5.41) is 13.1. The Morgan fingerprint density at radius 1 is 1.15 bits per heavy atom. The minimum absolute atomic E-state index is 0.276. The van der Waals surface area contributed by atoms with Crippen LogP contribution in [0.4, 0.5) is 0 Å². The zero-order valence-corrected chi connectivity index (χ0v) is 12.0. The molecular weight excluding hydrogens is 252 g/mol. The predicted molar refractivity (Wildman–Crippen MR) is 80.4 cm³/mol. The zero-order chi connectivity index (χ0) is 14.4. The van der Waals surface area contributed by atoms with Crippen LogP contribution in [0.15, 0.2) is 48.8 Å². The normalized spacial score (nSPS) is 12.6. The van der Waals surface area contributed by atoms with Gasteiger partial charge in [0.1, 0.15) is 18.5 Å². The summed E-state index contributed by atoms with van der Waals surface area (Å²) in [6.07, 6.45) is 3.42. The molecule has 0 bridgehead atoms. The van der Waals surface area contributed by atoms with E-state index in [9.17, 15) is 5.11 Å². The van der Waals surface area contributed by atoms with Gasteiger partial charge in [-0.15, -0.1) is 0 Å². The van der Waals surface area contributed by atoms with Crippen LogP contribution < -0.4 is 10.1 Å². The number of ether oxygens (including phenoxy) is 1. The third-order valence-electron chi connectivity index (χ3n) is 2.94. The first-order valence-electron chi connectivity index (χ1n) is 6.93. The Morgan fingerprint density at radius 2 is 1.85 bits per heavy atom. The number of nitrogens with zero attached hydrogens (tertiary/aromatic N) is 1. The largest absolute Gasteiger partial charge is 0.489 e. The SMILES string of the molecule is CC(C)NCC(O)COc1ccccc1-n1cccc1. The molecule has 4 nitrogen and oxygen atoms in total. The fourth-order valence-electron chi connectivity index (χ4n) is 1.90. The molecule has 1 aromatic carbocycles. The van der Waals surface area contributed by atoms with Crippen LogP contribution >= 0.6 is 0 Å². The van der Waals surface area contributed by atoms with E-state index in [0.29, 0.717) is 12.6 Å². The highest BCUT2D eigenvalue weighted by atomic mass is 16.5. The zero-order valence-electron chi connectivity index (χ0n) is 12.0. The number of aliphatic hydroxyl groups excluding tert-OH is 1. The molecule has 0 saturated heterocycles. The molecule has 0 spiro atoms. The molecule has 1 unspecified atom stereocenters. The van der Waals surface area contributed by atoms with E-state index < -0.39 is 6.10 Å². The third kappa shape index (κ3) is 4.11. The van der Waals surface area contributed by atoms with Crippen molar-refractivity contribution in [2.24, 2.45) is 0 Å². The van der Waals surface area contributed by atoms with Crippen LogP contribution in [0.25, 0.3) is 5.69 Å². The van der Waals surface area contributed by atoms with Crippen LogP contribution in [0, 0.1) is 0 Å². The van der Waals surface area contributed by atoms with Crippen LogP contribution in [0.1, 0.15) is 13.8 Å². The number of hydrogen-bond donors (Lipinski definition) is 2. The van der Waals surface area contributed by atoms with E-state index in [2.05, 4.69) is 19.2 Å². The van der Waals surface area contributed by atoms with Crippen molar-refractivity contribution in [3.05, 3.63) is 48.8 Å². The van der Waals surface area contributed by atoms with Gasteiger partial charge in [0.2, 0.25) is 0 Å². The molecule has 4 heteroatoms. The second-order valence-electron chi connectivity index (χ2n) is 5.09. The highest BCUT2D eigenvalue weighted by Crippen LogP contribution is 2.22. The molecule has 0 aliphatic rings. The second kappa shape index (κ2) is 7.12. The fourth-order valence-corrected chi connectivity index (χ4v) is 1.90. The summed E-state index contributed by atoms with van der Waals surface area (Å²) in [4.78, 5) is 0. The summed E-state index contributed by atoms with van der Waals surface area (Å²) in [5.74, 6) is 0.771. The first-order chi connectivity index (χ1) is 9.66. The molecule has 20 heavy (non-hydrogen) atoms. The van der Waals surface area contributed by atoms with Crippen molar-refractivity contribution >= 4 is 0 Å². The predicted octanol–water partition coefficient (Wildman–Crippen LogP) is 2.21. The monoisotopic (exact) mass is 274 g/mol. The molecule has 2 rings (SSSR count). The topological polar surface area (TPSA) is 46.4 Å². The van der Waals surface area contributed by atoms with Gasteiger partial charge >= 0.3 is 0 Å². The van der Waals surface area contributed by atoms with E-state index in [0.717, 1.165) is 11.4 Å². The highest BCUT2D eigenvalue weighted by molar-refractivity contribution is 5.46. The van der Waals surface area contributed by atoms with Gasteiger partial charge in [0.25, 0.3) is 0 Å². The van der Waals surface area contributed by atoms with Gasteiger partial charge in [0.05, 0.1) is 5.69 Å². The second-order valence-corrected chi connectivity index (χ2v) is 5.09. The Kier molecular flexibility index (Phi) is 5.21. The average molecular weight is 274 g/mol. The molecular formula is C16H22N2O2. The summed E-state index contributed by atoms with van der Waals surface area (Å²) < 4.78 is 7.74. The minimum Gasteiger partial charge on any atom is -0.489 e. The van der Waals surface area contributed by atoms with E-state index in [1.54, 1.807) is 0 Å². The molecule has 2 N–H and O–H groups in total. The number of aromatic nitrogens is 1. The summed E-state index contributed by atoms with van der Waals surface area (Å²) >= 11 is 0. The van der Waals surface area contributed by atoms with Crippen molar-refractivity contribution in [1.29, 1.82) is 0 Å². The van der Waals surface area contributed by atoms with Crippen LogP contribution in [-0.2, 0) is 0 Å². The van der Waals surface area contributed by atoms with E-state index in [4.69, 9.17) is 4.74 Å². The van der Waals surface area contributed by atoms with Gasteiger partial charge in [-0.3, -0.25) is 0 Å². The molecule has 0 fully saturated rings. The van der Waals surface area contributed by atoms with Crippen molar-refractivity contribution in [3.63, 3.8) is 0 Å². The van der Waals surface area contributed by atoms with E-state index in [1.165, 1.54) is 0 Å². The van der Waals surface area contributed by atoms with Crippen molar-refractivity contribution in [2.75, 3.05) is 13.2 Å². The van der Waals surface area contributed by atoms with Gasteiger partial charge in [-0.25, -0.2) is 0 Å². The highest BCUT2D eigenvalue weighted by Gasteiger charge is 2.09. The van der Waals surface area contributed by atoms with Crippen molar-refractivity contribution in [1.82, 2.24) is 9.88 Å². The quantitative estimate of drug-likeness (QED) is 0.814. The lowest BCUT2D eigenvalue weighted by molar-refractivity contribution is 0.104. The summed E-state index contributed by atoms with van der Waals surface area (Å²) in [6.45, 7) is 4.91. The third-order valence-corrected chi connectivity index (χ3v) is 2.94. The van der Waals surface area contributed by atoms with E-state index in [-0.39, 0.29) is 6.61 Å². The van der Waals surface area contributed by atoms with Gasteiger partial charge in [-0.1, -0.05) is 26.0 Å². The molecule has 1 heterocycles. The maximum Gasteiger partial charge on any atom is 0.143 e. The molecule has 1 aromatic heterocycles. The van der Waals surface area contributed by atoms with Gasteiger partial charge in [-0.2, -0.15) is 0 Å². The lowest BCUT2D eigenvalue weighted by atomic mass is 10.3. The van der Waals surface area contributed by atoms with Crippen LogP contribution in [0.2, 0.25) is 0 Å². The maximum absolute atomic E-state index is 9.89. The molecule has 0 aliphatic heterocycles. The molecule has 0 amide bonds. The summed E-state index contributed by atoms with van der Waals surface area (Å²) in [5.41, 5.74) is 0.974. The Balaban J connectivity index is 1.96. The van der Waals surface area contributed by atoms with Crippen molar-refractivity contribution in [3.8, 4) is 11.4 Å². The standard InChI is InChI=1S/C16H22N2O2/c1-13(2)17-11-14(19)12-20-16-8-4-3-7-15(16)18-9-5-6-10-18/h3-10,13-14,17,19H,11-12H2,1-2H3.